The van der Waals surface area contributed by atoms with Gasteiger partial charge in [-0.1, -0.05) is 19.4 Å². The first-order valence-electron chi connectivity index (χ1n) is 5.92. The van der Waals surface area contributed by atoms with Gasteiger partial charge in [-0.05, 0) is 18.6 Å². The van der Waals surface area contributed by atoms with Crippen LogP contribution < -0.4 is 10.1 Å². The van der Waals surface area contributed by atoms with Crippen molar-refractivity contribution in [3.63, 3.8) is 0 Å². The van der Waals surface area contributed by atoms with E-state index in [0.717, 1.165) is 12.1 Å². The van der Waals surface area contributed by atoms with Crippen LogP contribution in [0.4, 0.5) is 18.9 Å². The zero-order valence-electron chi connectivity index (χ0n) is 10.7. The van der Waals surface area contributed by atoms with E-state index >= 15 is 0 Å². The number of hydrogen-bond donors (Lipinski definition) is 1. The summed E-state index contributed by atoms with van der Waals surface area (Å²) in [6, 6.07) is 6.76. The lowest BCUT2D eigenvalue weighted by molar-refractivity contribution is -0.274. The molecule has 0 bridgehead atoms. The highest BCUT2D eigenvalue weighted by atomic mass is 19.4. The van der Waals surface area contributed by atoms with Gasteiger partial charge in [-0.2, -0.15) is 5.26 Å². The molecule has 0 fully saturated rings. The van der Waals surface area contributed by atoms with E-state index in [9.17, 15) is 18.0 Å². The highest BCUT2D eigenvalue weighted by Gasteiger charge is 2.31. The number of nitriles is 1. The van der Waals surface area contributed by atoms with Crippen LogP contribution >= 0.6 is 0 Å². The minimum absolute atomic E-state index is 0.146. The Morgan fingerprint density at radius 1 is 1.50 bits per heavy atom. The zero-order valence-corrected chi connectivity index (χ0v) is 10.7. The summed E-state index contributed by atoms with van der Waals surface area (Å²) in [5.41, 5.74) is 0.146. The lowest BCUT2D eigenvalue weighted by Gasteiger charge is -2.12. The molecular weight excluding hydrogens is 273 g/mol. The highest BCUT2D eigenvalue weighted by molar-refractivity contribution is 5.94. The molecule has 4 nitrogen and oxygen atoms in total. The summed E-state index contributed by atoms with van der Waals surface area (Å²) in [4.78, 5) is 11.7. The molecule has 0 saturated carbocycles. The molecule has 0 aliphatic carbocycles. The lowest BCUT2D eigenvalue weighted by Crippen LogP contribution is -2.21. The molecule has 1 aromatic carbocycles. The number of nitrogens with zero attached hydrogens (tertiary/aromatic N) is 1. The summed E-state index contributed by atoms with van der Waals surface area (Å²) < 4.78 is 39.9. The van der Waals surface area contributed by atoms with Gasteiger partial charge >= 0.3 is 6.36 Å². The maximum Gasteiger partial charge on any atom is 0.573 e. The maximum absolute atomic E-state index is 12.1. The van der Waals surface area contributed by atoms with Gasteiger partial charge in [-0.15, -0.1) is 13.2 Å². The molecular formula is C13H13F3N2O2. The van der Waals surface area contributed by atoms with Gasteiger partial charge < -0.3 is 10.1 Å². The summed E-state index contributed by atoms with van der Waals surface area (Å²) in [5, 5.41) is 11.2. The van der Waals surface area contributed by atoms with Crippen molar-refractivity contribution in [2.24, 2.45) is 5.92 Å². The molecule has 1 N–H and O–H groups in total. The maximum atomic E-state index is 12.1. The van der Waals surface area contributed by atoms with E-state index in [1.165, 1.54) is 12.1 Å². The van der Waals surface area contributed by atoms with E-state index < -0.39 is 23.9 Å². The minimum Gasteiger partial charge on any atom is -0.406 e. The number of amides is 1. The second kappa shape index (κ2) is 6.80. The van der Waals surface area contributed by atoms with Crippen LogP contribution in [0.5, 0.6) is 5.75 Å². The Bertz CT molecular complexity index is 509. The van der Waals surface area contributed by atoms with Crippen LogP contribution in [0.3, 0.4) is 0 Å². The number of nitrogens with one attached hydrogen (secondary N) is 1. The predicted molar refractivity (Wildman–Crippen MR) is 65.8 cm³/mol. The van der Waals surface area contributed by atoms with E-state index in [4.69, 9.17) is 5.26 Å². The number of rotatable bonds is 5. The zero-order chi connectivity index (χ0) is 15.2. The molecule has 1 aromatic rings. The van der Waals surface area contributed by atoms with Crippen LogP contribution in [0, 0.1) is 17.2 Å². The molecule has 1 unspecified atom stereocenters. The Hall–Kier alpha value is -2.23. The first kappa shape index (κ1) is 15.8. The summed E-state index contributed by atoms with van der Waals surface area (Å²) >= 11 is 0. The third-order valence-corrected chi connectivity index (χ3v) is 2.38. The molecule has 1 atom stereocenters. The summed E-state index contributed by atoms with van der Waals surface area (Å²) in [6.45, 7) is 1.83. The van der Waals surface area contributed by atoms with Crippen LogP contribution in [-0.2, 0) is 4.79 Å². The Morgan fingerprint density at radius 2 is 2.20 bits per heavy atom. The fourth-order valence-corrected chi connectivity index (χ4v) is 1.54. The first-order valence-corrected chi connectivity index (χ1v) is 5.92. The summed E-state index contributed by atoms with van der Waals surface area (Å²) in [5.74, 6) is -1.80. The second-order valence-corrected chi connectivity index (χ2v) is 4.04. The molecule has 0 spiro atoms. The smallest absolute Gasteiger partial charge is 0.406 e. The number of ether oxygens (including phenoxy) is 1. The molecule has 0 heterocycles. The van der Waals surface area contributed by atoms with Crippen molar-refractivity contribution < 1.29 is 22.7 Å². The van der Waals surface area contributed by atoms with Crippen molar-refractivity contribution in [2.45, 2.75) is 26.1 Å². The van der Waals surface area contributed by atoms with Crippen molar-refractivity contribution >= 4 is 11.6 Å². The average Bonchev–Trinajstić information content (AvgIpc) is 2.34. The number of anilines is 1. The van der Waals surface area contributed by atoms with Crippen molar-refractivity contribution in [3.05, 3.63) is 24.3 Å². The van der Waals surface area contributed by atoms with Crippen LogP contribution in [0.1, 0.15) is 19.8 Å². The van der Waals surface area contributed by atoms with Gasteiger partial charge in [0.2, 0.25) is 5.91 Å². The molecule has 1 rings (SSSR count). The normalized spacial score (nSPS) is 12.3. The second-order valence-electron chi connectivity index (χ2n) is 4.04. The monoisotopic (exact) mass is 286 g/mol. The average molecular weight is 286 g/mol. The Labute approximate surface area is 114 Å². The molecule has 0 saturated heterocycles. The van der Waals surface area contributed by atoms with E-state index in [1.54, 1.807) is 0 Å². The Morgan fingerprint density at radius 3 is 2.75 bits per heavy atom. The van der Waals surface area contributed by atoms with Crippen molar-refractivity contribution in [1.82, 2.24) is 0 Å². The number of alkyl halides is 3. The topological polar surface area (TPSA) is 62.1 Å². The van der Waals surface area contributed by atoms with Crippen molar-refractivity contribution in [3.8, 4) is 11.8 Å². The number of carbonyl (C=O) groups excluding carboxylic acids is 1. The fourth-order valence-electron chi connectivity index (χ4n) is 1.54. The molecule has 0 aromatic heterocycles. The van der Waals surface area contributed by atoms with Gasteiger partial charge in [0, 0.05) is 11.8 Å². The van der Waals surface area contributed by atoms with Crippen molar-refractivity contribution in [1.29, 1.82) is 5.26 Å². The number of carbonyl (C=O) groups is 1. The van der Waals surface area contributed by atoms with Gasteiger partial charge in [0.15, 0.2) is 0 Å². The van der Waals surface area contributed by atoms with Gasteiger partial charge in [-0.25, -0.2) is 0 Å². The van der Waals surface area contributed by atoms with Crippen LogP contribution in [-0.4, -0.2) is 12.3 Å². The SMILES string of the molecule is CCCC(C#N)C(=O)Nc1cccc(OC(F)(F)F)c1. The predicted octanol–water partition coefficient (Wildman–Crippen LogP) is 3.46. The third-order valence-electron chi connectivity index (χ3n) is 2.38. The minimum atomic E-state index is -4.79. The van der Waals surface area contributed by atoms with E-state index in [0.29, 0.717) is 12.8 Å². The standard InChI is InChI=1S/C13H13F3N2O2/c1-2-4-9(8-17)12(19)18-10-5-3-6-11(7-10)20-13(14,15)16/h3,5-7,9H,2,4H2,1H3,(H,18,19). The van der Waals surface area contributed by atoms with E-state index in [-0.39, 0.29) is 5.69 Å². The number of benzene rings is 1. The molecule has 0 aliphatic heterocycles. The lowest BCUT2D eigenvalue weighted by atomic mass is 10.0. The molecule has 108 valence electrons. The first-order chi connectivity index (χ1) is 9.35. The number of hydrogen-bond acceptors (Lipinski definition) is 3. The summed E-state index contributed by atoms with van der Waals surface area (Å²) in [6.07, 6.45) is -3.75. The largest absolute Gasteiger partial charge is 0.573 e. The molecule has 7 heteroatoms. The summed E-state index contributed by atoms with van der Waals surface area (Å²) in [7, 11) is 0. The van der Waals surface area contributed by atoms with Crippen molar-refractivity contribution in [2.75, 3.05) is 5.32 Å². The van der Waals surface area contributed by atoms with Gasteiger partial charge in [0.1, 0.15) is 11.7 Å². The van der Waals surface area contributed by atoms with E-state index in [2.05, 4.69) is 10.1 Å². The third kappa shape index (κ3) is 5.18. The molecule has 0 radical (unpaired) electrons. The van der Waals surface area contributed by atoms with Crippen LogP contribution in [0.25, 0.3) is 0 Å². The van der Waals surface area contributed by atoms with E-state index in [1.807, 2.05) is 13.0 Å². The Balaban J connectivity index is 2.76. The van der Waals surface area contributed by atoms with Gasteiger partial charge in [0.05, 0.1) is 6.07 Å². The highest BCUT2D eigenvalue weighted by Crippen LogP contribution is 2.25. The fraction of sp³-hybridized carbons (Fsp3) is 0.385. The van der Waals surface area contributed by atoms with Crippen LogP contribution in [0.15, 0.2) is 24.3 Å². The van der Waals surface area contributed by atoms with Gasteiger partial charge in [0.25, 0.3) is 0 Å². The van der Waals surface area contributed by atoms with Gasteiger partial charge in [-0.3, -0.25) is 4.79 Å². The number of halogens is 3. The molecule has 0 aliphatic rings. The van der Waals surface area contributed by atoms with Crippen LogP contribution in [0.2, 0.25) is 0 Å². The molecule has 20 heavy (non-hydrogen) atoms. The quantitative estimate of drug-likeness (QED) is 0.901. The molecule has 1 amide bonds. The Kier molecular flexibility index (Phi) is 5.38.